The molecule has 0 unspecified atom stereocenters. The molecule has 26 heavy (non-hydrogen) atoms. The van der Waals surface area contributed by atoms with Crippen LogP contribution < -0.4 is 10.2 Å². The Morgan fingerprint density at radius 3 is 2.77 bits per heavy atom. The number of carbonyl (C=O) groups is 1. The Bertz CT molecular complexity index is 919. The second-order valence-corrected chi connectivity index (χ2v) is 5.75. The number of amides is 1. The average Bonchev–Trinajstić information content (AvgIpc) is 3.14. The molecule has 132 valence electrons. The molecule has 0 aliphatic heterocycles. The van der Waals surface area contributed by atoms with Gasteiger partial charge in [-0.15, -0.1) is 0 Å². The van der Waals surface area contributed by atoms with Gasteiger partial charge in [0.1, 0.15) is 11.4 Å². The maximum Gasteiger partial charge on any atom is 0.289 e. The highest BCUT2D eigenvalue weighted by Crippen LogP contribution is 2.21. The fourth-order valence-electron chi connectivity index (χ4n) is 2.27. The van der Waals surface area contributed by atoms with Crippen LogP contribution in [0.1, 0.15) is 23.0 Å². The maximum atomic E-state index is 12.2. The molecule has 3 aromatic rings. The summed E-state index contributed by atoms with van der Waals surface area (Å²) in [6, 6.07) is 16.4. The third kappa shape index (κ3) is 4.29. The summed E-state index contributed by atoms with van der Waals surface area (Å²) in [6.07, 6.45) is 1.49. The van der Waals surface area contributed by atoms with E-state index in [4.69, 9.17) is 16.3 Å². The first kappa shape index (κ1) is 17.7. The molecule has 0 fully saturated rings. The largest absolute Gasteiger partial charge is 0.494 e. The number of aromatic nitrogens is 2. The quantitative estimate of drug-likeness (QED) is 0.511. The van der Waals surface area contributed by atoms with Crippen LogP contribution in [-0.4, -0.2) is 28.9 Å². The van der Waals surface area contributed by atoms with Crippen molar-refractivity contribution in [2.45, 2.75) is 6.92 Å². The van der Waals surface area contributed by atoms with Gasteiger partial charge in [-0.3, -0.25) is 9.89 Å². The van der Waals surface area contributed by atoms with Gasteiger partial charge in [0.15, 0.2) is 0 Å². The zero-order valence-electron chi connectivity index (χ0n) is 14.1. The summed E-state index contributed by atoms with van der Waals surface area (Å²) in [5, 5.41) is 11.4. The molecule has 1 aromatic heterocycles. The smallest absolute Gasteiger partial charge is 0.289 e. The van der Waals surface area contributed by atoms with Crippen LogP contribution in [0, 0.1) is 0 Å². The van der Waals surface area contributed by atoms with Crippen LogP contribution >= 0.6 is 11.6 Å². The number of benzene rings is 2. The van der Waals surface area contributed by atoms with Gasteiger partial charge in [-0.05, 0) is 43.3 Å². The summed E-state index contributed by atoms with van der Waals surface area (Å²) < 4.78 is 5.41. The van der Waals surface area contributed by atoms with E-state index in [1.807, 2.05) is 43.3 Å². The molecule has 0 atom stereocenters. The van der Waals surface area contributed by atoms with Crippen LogP contribution in [0.4, 0.5) is 0 Å². The minimum Gasteiger partial charge on any atom is -0.494 e. The van der Waals surface area contributed by atoms with Crippen molar-refractivity contribution in [1.82, 2.24) is 15.6 Å². The molecule has 1 amide bonds. The van der Waals surface area contributed by atoms with E-state index >= 15 is 0 Å². The minimum atomic E-state index is -0.391. The second-order valence-electron chi connectivity index (χ2n) is 5.34. The predicted octanol–water partition coefficient (Wildman–Crippen LogP) is 3.89. The second kappa shape index (κ2) is 8.31. The Morgan fingerprint density at radius 2 is 2.04 bits per heavy atom. The van der Waals surface area contributed by atoms with Crippen molar-refractivity contribution >= 4 is 23.7 Å². The Kier molecular flexibility index (Phi) is 5.66. The molecule has 0 aliphatic rings. The van der Waals surface area contributed by atoms with Crippen molar-refractivity contribution < 1.29 is 9.53 Å². The lowest BCUT2D eigenvalue weighted by molar-refractivity contribution is 0.0950. The highest BCUT2D eigenvalue weighted by molar-refractivity contribution is 6.33. The lowest BCUT2D eigenvalue weighted by atomic mass is 10.1. The molecular weight excluding hydrogens is 352 g/mol. The van der Waals surface area contributed by atoms with Crippen molar-refractivity contribution in [3.63, 3.8) is 0 Å². The lowest BCUT2D eigenvalue weighted by Gasteiger charge is -2.02. The number of hydrazone groups is 1. The topological polar surface area (TPSA) is 79.4 Å². The number of nitrogens with zero attached hydrogens (tertiary/aromatic N) is 2. The van der Waals surface area contributed by atoms with E-state index in [-0.39, 0.29) is 0 Å². The van der Waals surface area contributed by atoms with Crippen LogP contribution in [0.25, 0.3) is 11.3 Å². The van der Waals surface area contributed by atoms with E-state index in [1.54, 1.807) is 18.2 Å². The summed E-state index contributed by atoms with van der Waals surface area (Å²) in [6.45, 7) is 2.54. The van der Waals surface area contributed by atoms with Crippen molar-refractivity contribution in [3.05, 3.63) is 70.9 Å². The van der Waals surface area contributed by atoms with Gasteiger partial charge < -0.3 is 4.74 Å². The van der Waals surface area contributed by atoms with Gasteiger partial charge in [0, 0.05) is 16.1 Å². The van der Waals surface area contributed by atoms with E-state index in [0.717, 1.165) is 11.3 Å². The maximum absolute atomic E-state index is 12.2. The summed E-state index contributed by atoms with van der Waals surface area (Å²) >= 11 is 6.03. The molecule has 1 heterocycles. The first-order valence-electron chi connectivity index (χ1n) is 8.04. The predicted molar refractivity (Wildman–Crippen MR) is 102 cm³/mol. The Morgan fingerprint density at radius 1 is 1.27 bits per heavy atom. The number of hydrogen-bond acceptors (Lipinski definition) is 4. The van der Waals surface area contributed by atoms with Crippen molar-refractivity contribution in [1.29, 1.82) is 0 Å². The van der Waals surface area contributed by atoms with Gasteiger partial charge in [-0.1, -0.05) is 29.8 Å². The summed E-state index contributed by atoms with van der Waals surface area (Å²) in [5.74, 6) is 0.400. The summed E-state index contributed by atoms with van der Waals surface area (Å²) in [4.78, 5) is 12.2. The van der Waals surface area contributed by atoms with Crippen LogP contribution in [-0.2, 0) is 0 Å². The number of carbonyl (C=O) groups excluding carboxylic acids is 1. The molecule has 0 bridgehead atoms. The van der Waals surface area contributed by atoms with E-state index in [2.05, 4.69) is 20.7 Å². The Balaban J connectivity index is 1.65. The fourth-order valence-corrected chi connectivity index (χ4v) is 2.46. The number of H-pyrrole nitrogens is 1. The van der Waals surface area contributed by atoms with Crippen LogP contribution in [0.15, 0.2) is 59.7 Å². The molecule has 0 spiro atoms. The molecule has 2 N–H and O–H groups in total. The van der Waals surface area contributed by atoms with E-state index < -0.39 is 5.91 Å². The minimum absolute atomic E-state index is 0.310. The zero-order valence-corrected chi connectivity index (χ0v) is 14.8. The van der Waals surface area contributed by atoms with Gasteiger partial charge in [0.2, 0.25) is 0 Å². The zero-order chi connectivity index (χ0) is 18.4. The van der Waals surface area contributed by atoms with Crippen LogP contribution in [0.2, 0.25) is 5.02 Å². The van der Waals surface area contributed by atoms with Gasteiger partial charge in [0.05, 0.1) is 18.5 Å². The highest BCUT2D eigenvalue weighted by atomic mass is 35.5. The molecule has 0 radical (unpaired) electrons. The number of rotatable bonds is 6. The number of ether oxygens (including phenoxy) is 1. The van der Waals surface area contributed by atoms with Crippen LogP contribution in [0.5, 0.6) is 5.75 Å². The van der Waals surface area contributed by atoms with Gasteiger partial charge in [0.25, 0.3) is 5.91 Å². The van der Waals surface area contributed by atoms with Gasteiger partial charge in [-0.2, -0.15) is 10.2 Å². The molecule has 3 rings (SSSR count). The number of nitrogens with one attached hydrogen (secondary N) is 2. The number of halogens is 1. The summed E-state index contributed by atoms with van der Waals surface area (Å²) in [5.41, 5.74) is 5.01. The molecule has 7 heteroatoms. The van der Waals surface area contributed by atoms with E-state index in [1.165, 1.54) is 6.21 Å². The van der Waals surface area contributed by atoms with Crippen molar-refractivity contribution in [2.24, 2.45) is 5.10 Å². The van der Waals surface area contributed by atoms with Gasteiger partial charge >= 0.3 is 0 Å². The molecule has 0 aliphatic carbocycles. The van der Waals surface area contributed by atoms with Gasteiger partial charge in [-0.25, -0.2) is 5.43 Å². The average molecular weight is 369 g/mol. The molecule has 2 aromatic carbocycles. The fraction of sp³-hybridized carbons (Fsp3) is 0.105. The standard InChI is InChI=1S/C19H17ClN4O2/c1-2-26-15-9-7-13(8-10-15)17-11-18(23-22-17)19(25)24-21-12-14-5-3-4-6-16(14)20/h3-12H,2H2,1H3,(H,22,23)(H,24,25)/b21-12-. The first-order chi connectivity index (χ1) is 12.7. The monoisotopic (exact) mass is 368 g/mol. The number of hydrogen-bond donors (Lipinski definition) is 2. The third-order valence-corrected chi connectivity index (χ3v) is 3.90. The molecule has 6 nitrogen and oxygen atoms in total. The first-order valence-corrected chi connectivity index (χ1v) is 8.41. The molecule has 0 saturated heterocycles. The lowest BCUT2D eigenvalue weighted by Crippen LogP contribution is -2.18. The molecule has 0 saturated carbocycles. The number of aromatic amines is 1. The highest BCUT2D eigenvalue weighted by Gasteiger charge is 2.10. The van der Waals surface area contributed by atoms with Crippen molar-refractivity contribution in [3.8, 4) is 17.0 Å². The normalized spacial score (nSPS) is 10.8. The molecular formula is C19H17ClN4O2. The van der Waals surface area contributed by atoms with E-state index in [0.29, 0.717) is 28.6 Å². The van der Waals surface area contributed by atoms with Crippen LogP contribution in [0.3, 0.4) is 0 Å². The Hall–Kier alpha value is -3.12. The third-order valence-electron chi connectivity index (χ3n) is 3.56. The Labute approximate surface area is 155 Å². The summed E-state index contributed by atoms with van der Waals surface area (Å²) in [7, 11) is 0. The van der Waals surface area contributed by atoms with Crippen molar-refractivity contribution in [2.75, 3.05) is 6.61 Å². The van der Waals surface area contributed by atoms with E-state index in [9.17, 15) is 4.79 Å². The SMILES string of the molecule is CCOc1ccc(-c2cc(C(=O)N/N=C\c3ccccc3Cl)[nH]n2)cc1.